The fourth-order valence-corrected chi connectivity index (χ4v) is 6.14. The Morgan fingerprint density at radius 3 is 2.42 bits per heavy atom. The highest BCUT2D eigenvalue weighted by atomic mass is 19.1. The average molecular weight is 618 g/mol. The molecule has 2 N–H and O–H groups in total. The van der Waals surface area contributed by atoms with Crippen molar-refractivity contribution in [2.45, 2.75) is 37.8 Å². The van der Waals surface area contributed by atoms with Gasteiger partial charge >= 0.3 is 5.69 Å². The standard InChI is InChI=1S/C33H33F2N5O5/c1-39-17-23(32(42)40(2)33(39)43)30(41)37-25-9-5-7-21(29(25)35)20-6-4-8-22(28(20)34)26-16-18-10-11-24(27(18)31(38-26)44-3)36-19-12-14-45-15-13-19/h4-9,16-17,19,24,36H,10-15H2,1-3H3,(H,37,41)/t24-/m0/s1. The second-order valence-corrected chi connectivity index (χ2v) is 11.3. The van der Waals surface area contributed by atoms with E-state index in [1.54, 1.807) is 19.2 Å². The summed E-state index contributed by atoms with van der Waals surface area (Å²) in [5.41, 5.74) is 0.394. The summed E-state index contributed by atoms with van der Waals surface area (Å²) in [5.74, 6) is -2.05. The van der Waals surface area contributed by atoms with E-state index in [0.717, 1.165) is 65.4 Å². The Kier molecular flexibility index (Phi) is 8.34. The molecule has 2 aromatic heterocycles. The fraction of sp³-hybridized carbons (Fsp3) is 0.333. The van der Waals surface area contributed by atoms with Gasteiger partial charge in [-0.05, 0) is 49.4 Å². The molecule has 3 heterocycles. The van der Waals surface area contributed by atoms with Gasteiger partial charge in [-0.15, -0.1) is 0 Å². The van der Waals surface area contributed by atoms with Crippen LogP contribution in [0.2, 0.25) is 0 Å². The van der Waals surface area contributed by atoms with Crippen LogP contribution in [0.3, 0.4) is 0 Å². The number of ether oxygens (including phenoxy) is 2. The number of nitrogens with one attached hydrogen (secondary N) is 2. The lowest BCUT2D eigenvalue weighted by Crippen LogP contribution is -2.40. The number of amides is 1. The van der Waals surface area contributed by atoms with Gasteiger partial charge in [0.15, 0.2) is 5.82 Å². The fourth-order valence-electron chi connectivity index (χ4n) is 6.14. The van der Waals surface area contributed by atoms with Crippen molar-refractivity contribution in [1.29, 1.82) is 0 Å². The zero-order valence-electron chi connectivity index (χ0n) is 25.2. The van der Waals surface area contributed by atoms with Gasteiger partial charge in [-0.25, -0.2) is 18.6 Å². The van der Waals surface area contributed by atoms with E-state index in [1.807, 2.05) is 6.07 Å². The minimum absolute atomic E-state index is 0.0283. The lowest BCUT2D eigenvalue weighted by molar-refractivity contribution is 0.0747. The largest absolute Gasteiger partial charge is 0.481 e. The smallest absolute Gasteiger partial charge is 0.330 e. The van der Waals surface area contributed by atoms with Crippen LogP contribution in [0, 0.1) is 11.6 Å². The SMILES string of the molecule is COc1nc(-c2cccc(-c3cccc(NC(=O)c4cn(C)c(=O)n(C)c4=O)c3F)c2F)cc2c1[C@@H](NC1CCOCC1)CC2. The Morgan fingerprint density at radius 1 is 1.00 bits per heavy atom. The summed E-state index contributed by atoms with van der Waals surface area (Å²) < 4.78 is 45.1. The van der Waals surface area contributed by atoms with Gasteiger partial charge in [0.1, 0.15) is 11.4 Å². The summed E-state index contributed by atoms with van der Waals surface area (Å²) in [4.78, 5) is 42.1. The highest BCUT2D eigenvalue weighted by Crippen LogP contribution is 2.41. The number of fused-ring (bicyclic) bond motifs is 1. The number of pyridine rings is 1. The molecule has 0 saturated carbocycles. The van der Waals surface area contributed by atoms with E-state index in [4.69, 9.17) is 9.47 Å². The predicted molar refractivity (Wildman–Crippen MR) is 164 cm³/mol. The highest BCUT2D eigenvalue weighted by molar-refractivity contribution is 6.04. The second-order valence-electron chi connectivity index (χ2n) is 11.3. The third-order valence-electron chi connectivity index (χ3n) is 8.51. The number of anilines is 1. The quantitative estimate of drug-likeness (QED) is 0.321. The number of hydrogen-bond acceptors (Lipinski definition) is 7. The maximum Gasteiger partial charge on any atom is 0.330 e. The average Bonchev–Trinajstić information content (AvgIpc) is 3.45. The van der Waals surface area contributed by atoms with Crippen LogP contribution in [-0.2, 0) is 25.3 Å². The van der Waals surface area contributed by atoms with Crippen LogP contribution in [-0.4, -0.2) is 46.4 Å². The minimum Gasteiger partial charge on any atom is -0.481 e. The van der Waals surface area contributed by atoms with Crippen molar-refractivity contribution in [3.63, 3.8) is 0 Å². The Bertz CT molecular complexity index is 1920. The topological polar surface area (TPSA) is 116 Å². The van der Waals surface area contributed by atoms with Crippen LogP contribution in [0.4, 0.5) is 14.5 Å². The maximum absolute atomic E-state index is 16.2. The summed E-state index contributed by atoms with van der Waals surface area (Å²) in [6, 6.07) is 11.1. The van der Waals surface area contributed by atoms with Crippen LogP contribution in [0.1, 0.15) is 46.8 Å². The lowest BCUT2D eigenvalue weighted by atomic mass is 9.98. The molecule has 1 fully saturated rings. The summed E-state index contributed by atoms with van der Waals surface area (Å²) in [6.07, 6.45) is 4.60. The van der Waals surface area contributed by atoms with Gasteiger partial charge < -0.3 is 24.7 Å². The predicted octanol–water partition coefficient (Wildman–Crippen LogP) is 4.11. The molecule has 0 radical (unpaired) electrons. The van der Waals surface area contributed by atoms with Gasteiger partial charge in [0.05, 0.1) is 18.5 Å². The monoisotopic (exact) mass is 617 g/mol. The van der Waals surface area contributed by atoms with Gasteiger partial charge in [-0.1, -0.05) is 24.3 Å². The van der Waals surface area contributed by atoms with E-state index >= 15 is 8.78 Å². The molecule has 1 saturated heterocycles. The highest BCUT2D eigenvalue weighted by Gasteiger charge is 2.31. The van der Waals surface area contributed by atoms with Crippen molar-refractivity contribution in [2.24, 2.45) is 14.1 Å². The Hall–Kier alpha value is -4.68. The number of carbonyl (C=O) groups excluding carboxylic acids is 1. The molecule has 0 bridgehead atoms. The molecule has 234 valence electrons. The third-order valence-corrected chi connectivity index (χ3v) is 8.51. The molecule has 1 aliphatic heterocycles. The first-order valence-corrected chi connectivity index (χ1v) is 14.7. The normalized spacial score (nSPS) is 16.4. The number of carbonyl (C=O) groups is 1. The van der Waals surface area contributed by atoms with Crippen molar-refractivity contribution in [3.8, 4) is 28.3 Å². The first kappa shape index (κ1) is 30.4. The summed E-state index contributed by atoms with van der Waals surface area (Å²) >= 11 is 0. The van der Waals surface area contributed by atoms with E-state index in [1.165, 1.54) is 38.4 Å². The molecule has 6 rings (SSSR count). The van der Waals surface area contributed by atoms with Gasteiger partial charge in [0.2, 0.25) is 5.88 Å². The Morgan fingerprint density at radius 2 is 1.69 bits per heavy atom. The zero-order chi connectivity index (χ0) is 31.8. The number of benzene rings is 2. The van der Waals surface area contributed by atoms with Crippen LogP contribution in [0.5, 0.6) is 5.88 Å². The van der Waals surface area contributed by atoms with E-state index in [9.17, 15) is 14.4 Å². The van der Waals surface area contributed by atoms with E-state index in [-0.39, 0.29) is 34.0 Å². The van der Waals surface area contributed by atoms with E-state index < -0.39 is 28.8 Å². The van der Waals surface area contributed by atoms with Gasteiger partial charge in [0.25, 0.3) is 11.5 Å². The van der Waals surface area contributed by atoms with Crippen molar-refractivity contribution < 1.29 is 23.0 Å². The molecule has 0 spiro atoms. The number of aryl methyl sites for hydroxylation is 2. The van der Waals surface area contributed by atoms with Crippen LogP contribution in [0.25, 0.3) is 22.4 Å². The Labute approximate surface area is 257 Å². The molecule has 4 aromatic rings. The number of methoxy groups -OCH3 is 1. The molecule has 10 nitrogen and oxygen atoms in total. The second kappa shape index (κ2) is 12.4. The molecule has 1 amide bonds. The van der Waals surface area contributed by atoms with Crippen molar-refractivity contribution in [1.82, 2.24) is 19.4 Å². The molecular formula is C33H33F2N5O5. The first-order valence-electron chi connectivity index (χ1n) is 14.7. The van der Waals surface area contributed by atoms with Crippen LogP contribution in [0.15, 0.2) is 58.3 Å². The molecule has 2 aromatic carbocycles. The summed E-state index contributed by atoms with van der Waals surface area (Å²) in [6.45, 7) is 1.46. The number of nitrogens with zero attached hydrogens (tertiary/aromatic N) is 3. The first-order chi connectivity index (χ1) is 21.7. The van der Waals surface area contributed by atoms with Gasteiger partial charge in [-0.3, -0.25) is 14.2 Å². The third kappa shape index (κ3) is 5.67. The zero-order valence-corrected chi connectivity index (χ0v) is 25.2. The molecule has 2 aliphatic rings. The minimum atomic E-state index is -0.907. The van der Waals surface area contributed by atoms with Gasteiger partial charge in [0, 0.05) is 67.8 Å². The molecular weight excluding hydrogens is 584 g/mol. The number of rotatable bonds is 7. The molecule has 12 heteroatoms. The molecule has 45 heavy (non-hydrogen) atoms. The number of hydrogen-bond donors (Lipinski definition) is 2. The van der Waals surface area contributed by atoms with E-state index in [0.29, 0.717) is 17.6 Å². The molecule has 1 atom stereocenters. The number of halogens is 2. The number of aromatic nitrogens is 3. The lowest BCUT2D eigenvalue weighted by Gasteiger charge is -2.27. The van der Waals surface area contributed by atoms with Gasteiger partial charge in [-0.2, -0.15) is 0 Å². The maximum atomic E-state index is 16.2. The van der Waals surface area contributed by atoms with Crippen molar-refractivity contribution >= 4 is 11.6 Å². The van der Waals surface area contributed by atoms with Crippen molar-refractivity contribution in [2.75, 3.05) is 25.6 Å². The summed E-state index contributed by atoms with van der Waals surface area (Å²) in [7, 11) is 4.18. The summed E-state index contributed by atoms with van der Waals surface area (Å²) in [5, 5.41) is 6.10. The molecule has 0 unspecified atom stereocenters. The van der Waals surface area contributed by atoms with Crippen LogP contribution >= 0.6 is 0 Å². The van der Waals surface area contributed by atoms with Crippen molar-refractivity contribution in [3.05, 3.63) is 97.8 Å². The van der Waals surface area contributed by atoms with E-state index in [2.05, 4.69) is 15.6 Å². The molecule has 1 aliphatic carbocycles. The Balaban J connectivity index is 1.32. The van der Waals surface area contributed by atoms with Crippen LogP contribution < -0.4 is 26.6 Å².